The number of pyridine rings is 1. The number of carbonyl (C=O) groups excluding carboxylic acids is 1. The first-order valence-electron chi connectivity index (χ1n) is 8.60. The topological polar surface area (TPSA) is 63.7 Å². The minimum absolute atomic E-state index is 0.0275. The fourth-order valence-corrected chi connectivity index (χ4v) is 4.20. The van der Waals surface area contributed by atoms with Crippen molar-refractivity contribution < 1.29 is 14.3 Å². The van der Waals surface area contributed by atoms with E-state index in [0.717, 1.165) is 32.5 Å². The van der Waals surface area contributed by atoms with Crippen molar-refractivity contribution in [1.82, 2.24) is 15.2 Å². The number of hydrogen-bond donors (Lipinski definition) is 1. The number of aromatic nitrogens is 1. The number of rotatable bonds is 5. The number of nitrogens with zero attached hydrogens (tertiary/aromatic N) is 2. The van der Waals surface area contributed by atoms with Crippen LogP contribution in [-0.2, 0) is 16.1 Å². The quantitative estimate of drug-likeness (QED) is 0.884. The SMILES string of the molecule is COc1ccc(CN2C[C@H]3C[C@@H](NC(C)=O)[C@H](OC)C[C@H]3C2)cn1. The Balaban J connectivity index is 1.60. The molecule has 0 bridgehead atoms. The Morgan fingerprint density at radius 1 is 1.29 bits per heavy atom. The van der Waals surface area contributed by atoms with E-state index in [0.29, 0.717) is 17.7 Å². The molecule has 1 aliphatic heterocycles. The molecule has 1 aromatic heterocycles. The van der Waals surface area contributed by atoms with Crippen LogP contribution < -0.4 is 10.1 Å². The van der Waals surface area contributed by atoms with Crippen molar-refractivity contribution in [2.75, 3.05) is 27.3 Å². The molecule has 1 aromatic rings. The van der Waals surface area contributed by atoms with Gasteiger partial charge in [0, 0.05) is 45.9 Å². The number of ether oxygens (including phenoxy) is 2. The molecule has 0 aromatic carbocycles. The average molecular weight is 333 g/mol. The molecule has 132 valence electrons. The molecule has 1 saturated carbocycles. The fraction of sp³-hybridized carbons (Fsp3) is 0.667. The van der Waals surface area contributed by atoms with Gasteiger partial charge in [-0.1, -0.05) is 6.07 Å². The highest BCUT2D eigenvalue weighted by atomic mass is 16.5. The zero-order valence-electron chi connectivity index (χ0n) is 14.7. The first-order valence-corrected chi connectivity index (χ1v) is 8.60. The van der Waals surface area contributed by atoms with Crippen LogP contribution in [-0.4, -0.2) is 55.2 Å². The number of hydrogen-bond acceptors (Lipinski definition) is 5. The summed E-state index contributed by atoms with van der Waals surface area (Å²) in [6, 6.07) is 4.12. The normalized spacial score (nSPS) is 30.0. The van der Waals surface area contributed by atoms with Gasteiger partial charge in [0.15, 0.2) is 0 Å². The summed E-state index contributed by atoms with van der Waals surface area (Å²) in [5.41, 5.74) is 1.20. The van der Waals surface area contributed by atoms with Gasteiger partial charge in [-0.2, -0.15) is 0 Å². The first kappa shape index (κ1) is 17.2. The Labute approximate surface area is 143 Å². The van der Waals surface area contributed by atoms with Crippen LogP contribution in [0.15, 0.2) is 18.3 Å². The highest BCUT2D eigenvalue weighted by Crippen LogP contribution is 2.38. The maximum atomic E-state index is 11.4. The zero-order chi connectivity index (χ0) is 17.1. The predicted molar refractivity (Wildman–Crippen MR) is 90.7 cm³/mol. The summed E-state index contributed by atoms with van der Waals surface area (Å²) in [7, 11) is 3.38. The maximum Gasteiger partial charge on any atom is 0.217 e. The van der Waals surface area contributed by atoms with E-state index in [1.807, 2.05) is 12.3 Å². The van der Waals surface area contributed by atoms with Gasteiger partial charge in [-0.3, -0.25) is 9.69 Å². The molecule has 3 rings (SSSR count). The summed E-state index contributed by atoms with van der Waals surface area (Å²) in [5, 5.41) is 3.07. The van der Waals surface area contributed by atoms with Gasteiger partial charge in [0.2, 0.25) is 11.8 Å². The van der Waals surface area contributed by atoms with Gasteiger partial charge in [-0.25, -0.2) is 4.98 Å². The van der Waals surface area contributed by atoms with Crippen LogP contribution in [0.25, 0.3) is 0 Å². The summed E-state index contributed by atoms with van der Waals surface area (Å²) in [4.78, 5) is 18.2. The number of amides is 1. The minimum atomic E-state index is 0.0275. The van der Waals surface area contributed by atoms with Crippen molar-refractivity contribution >= 4 is 5.91 Å². The van der Waals surface area contributed by atoms with Crippen LogP contribution in [0, 0.1) is 11.8 Å². The fourth-order valence-electron chi connectivity index (χ4n) is 4.20. The second-order valence-electron chi connectivity index (χ2n) is 6.98. The van der Waals surface area contributed by atoms with Crippen LogP contribution >= 0.6 is 0 Å². The van der Waals surface area contributed by atoms with E-state index < -0.39 is 0 Å². The maximum absolute atomic E-state index is 11.4. The van der Waals surface area contributed by atoms with E-state index in [4.69, 9.17) is 9.47 Å². The van der Waals surface area contributed by atoms with Crippen molar-refractivity contribution in [3.05, 3.63) is 23.9 Å². The molecule has 4 atom stereocenters. The Morgan fingerprint density at radius 3 is 2.62 bits per heavy atom. The zero-order valence-corrected chi connectivity index (χ0v) is 14.7. The van der Waals surface area contributed by atoms with Gasteiger partial charge in [0.1, 0.15) is 0 Å². The largest absolute Gasteiger partial charge is 0.481 e. The Kier molecular flexibility index (Phi) is 5.36. The number of nitrogens with one attached hydrogen (secondary N) is 1. The molecule has 1 amide bonds. The van der Waals surface area contributed by atoms with E-state index >= 15 is 0 Å². The highest BCUT2D eigenvalue weighted by Gasteiger charge is 2.42. The molecule has 2 heterocycles. The van der Waals surface area contributed by atoms with Crippen molar-refractivity contribution in [3.63, 3.8) is 0 Å². The summed E-state index contributed by atoms with van der Waals surface area (Å²) < 4.78 is 10.7. The van der Waals surface area contributed by atoms with Gasteiger partial charge in [0.25, 0.3) is 0 Å². The standard InChI is InChI=1S/C18H27N3O3/c1-12(22)20-16-6-14-10-21(11-15(14)7-17(16)23-2)9-13-4-5-18(24-3)19-8-13/h4-5,8,14-17H,6-7,9-11H2,1-3H3,(H,20,22)/t14-,15+,16-,17-/m1/s1. The molecule has 0 radical (unpaired) electrons. The summed E-state index contributed by atoms with van der Waals surface area (Å²) >= 11 is 0. The van der Waals surface area contributed by atoms with Crippen LogP contribution in [0.3, 0.4) is 0 Å². The number of methoxy groups -OCH3 is 2. The minimum Gasteiger partial charge on any atom is -0.481 e. The van der Waals surface area contributed by atoms with Crippen molar-refractivity contribution in [2.24, 2.45) is 11.8 Å². The third kappa shape index (κ3) is 3.87. The second-order valence-corrected chi connectivity index (χ2v) is 6.98. The molecule has 0 unspecified atom stereocenters. The van der Waals surface area contributed by atoms with Gasteiger partial charge in [0.05, 0.1) is 19.3 Å². The van der Waals surface area contributed by atoms with E-state index in [1.165, 1.54) is 5.56 Å². The lowest BCUT2D eigenvalue weighted by molar-refractivity contribution is -0.121. The van der Waals surface area contributed by atoms with Crippen LogP contribution in [0.2, 0.25) is 0 Å². The molecule has 1 aliphatic carbocycles. The van der Waals surface area contributed by atoms with Gasteiger partial charge >= 0.3 is 0 Å². The van der Waals surface area contributed by atoms with E-state index in [9.17, 15) is 4.79 Å². The van der Waals surface area contributed by atoms with Gasteiger partial charge in [-0.15, -0.1) is 0 Å². The Hall–Kier alpha value is -1.66. The molecule has 6 heteroatoms. The molecule has 0 spiro atoms. The monoisotopic (exact) mass is 333 g/mol. The highest BCUT2D eigenvalue weighted by molar-refractivity contribution is 5.73. The third-order valence-corrected chi connectivity index (χ3v) is 5.30. The van der Waals surface area contributed by atoms with Crippen molar-refractivity contribution in [1.29, 1.82) is 0 Å². The molecule has 2 aliphatic rings. The molecule has 1 saturated heterocycles. The van der Waals surface area contributed by atoms with Gasteiger partial charge in [-0.05, 0) is 30.2 Å². The summed E-state index contributed by atoms with van der Waals surface area (Å²) in [6.45, 7) is 4.65. The summed E-state index contributed by atoms with van der Waals surface area (Å²) in [5.74, 6) is 1.94. The van der Waals surface area contributed by atoms with E-state index in [-0.39, 0.29) is 18.1 Å². The molecular formula is C18H27N3O3. The predicted octanol–water partition coefficient (Wildman–Crippen LogP) is 1.45. The number of carbonyl (C=O) groups is 1. The van der Waals surface area contributed by atoms with Crippen LogP contribution in [0.4, 0.5) is 0 Å². The molecule has 1 N–H and O–H groups in total. The smallest absolute Gasteiger partial charge is 0.217 e. The lowest BCUT2D eigenvalue weighted by Crippen LogP contribution is -2.49. The molecule has 6 nitrogen and oxygen atoms in total. The lowest BCUT2D eigenvalue weighted by Gasteiger charge is -2.37. The molecule has 2 fully saturated rings. The van der Waals surface area contributed by atoms with Gasteiger partial charge < -0.3 is 14.8 Å². The first-order chi connectivity index (χ1) is 11.6. The molecule has 24 heavy (non-hydrogen) atoms. The molecular weight excluding hydrogens is 306 g/mol. The number of likely N-dealkylation sites (tertiary alicyclic amines) is 1. The average Bonchev–Trinajstić information content (AvgIpc) is 2.95. The van der Waals surface area contributed by atoms with E-state index in [2.05, 4.69) is 21.3 Å². The van der Waals surface area contributed by atoms with Crippen molar-refractivity contribution in [3.8, 4) is 5.88 Å². The Morgan fingerprint density at radius 2 is 2.04 bits per heavy atom. The summed E-state index contributed by atoms with van der Waals surface area (Å²) in [6.07, 6.45) is 4.03. The lowest BCUT2D eigenvalue weighted by atomic mass is 9.77. The Bertz CT molecular complexity index is 563. The number of fused-ring (bicyclic) bond motifs is 1. The van der Waals surface area contributed by atoms with Crippen molar-refractivity contribution in [2.45, 2.75) is 38.5 Å². The van der Waals surface area contributed by atoms with Crippen LogP contribution in [0.1, 0.15) is 25.3 Å². The second kappa shape index (κ2) is 7.49. The van der Waals surface area contributed by atoms with E-state index in [1.54, 1.807) is 21.1 Å². The van der Waals surface area contributed by atoms with Crippen LogP contribution in [0.5, 0.6) is 5.88 Å². The third-order valence-electron chi connectivity index (χ3n) is 5.30.